The standard InChI is InChI=1S/C13H18N4O/c1-11(10-18-2)14-8-12-9-15-17(16-12)13-6-4-3-5-7-13/h3-7,9,11,14H,8,10H2,1-2H3. The summed E-state index contributed by atoms with van der Waals surface area (Å²) in [5, 5.41) is 12.0. The lowest BCUT2D eigenvalue weighted by Crippen LogP contribution is -2.29. The molecule has 0 amide bonds. The van der Waals surface area contributed by atoms with Crippen LogP contribution >= 0.6 is 0 Å². The maximum Gasteiger partial charge on any atom is 0.0969 e. The summed E-state index contributed by atoms with van der Waals surface area (Å²) in [6.07, 6.45) is 1.78. The van der Waals surface area contributed by atoms with Crippen molar-refractivity contribution in [1.29, 1.82) is 0 Å². The zero-order valence-corrected chi connectivity index (χ0v) is 10.7. The average Bonchev–Trinajstić information content (AvgIpc) is 2.87. The van der Waals surface area contributed by atoms with Gasteiger partial charge in [-0.25, -0.2) is 0 Å². The first-order valence-corrected chi connectivity index (χ1v) is 5.98. The highest BCUT2D eigenvalue weighted by atomic mass is 16.5. The lowest BCUT2D eigenvalue weighted by Gasteiger charge is -2.10. The van der Waals surface area contributed by atoms with Gasteiger partial charge < -0.3 is 10.1 Å². The normalized spacial score (nSPS) is 12.6. The van der Waals surface area contributed by atoms with Crippen molar-refractivity contribution < 1.29 is 4.74 Å². The monoisotopic (exact) mass is 246 g/mol. The topological polar surface area (TPSA) is 52.0 Å². The van der Waals surface area contributed by atoms with Gasteiger partial charge >= 0.3 is 0 Å². The highest BCUT2D eigenvalue weighted by molar-refractivity contribution is 5.28. The molecule has 1 atom stereocenters. The molecule has 1 heterocycles. The zero-order valence-electron chi connectivity index (χ0n) is 10.7. The maximum atomic E-state index is 5.06. The second kappa shape index (κ2) is 6.28. The Balaban J connectivity index is 1.95. The summed E-state index contributed by atoms with van der Waals surface area (Å²) < 4.78 is 5.06. The lowest BCUT2D eigenvalue weighted by atomic mass is 10.3. The van der Waals surface area contributed by atoms with Crippen molar-refractivity contribution in [2.24, 2.45) is 0 Å². The fraction of sp³-hybridized carbons (Fsp3) is 0.385. The van der Waals surface area contributed by atoms with Crippen molar-refractivity contribution in [3.63, 3.8) is 0 Å². The molecule has 1 aromatic carbocycles. The van der Waals surface area contributed by atoms with E-state index in [9.17, 15) is 0 Å². The van der Waals surface area contributed by atoms with Crippen molar-refractivity contribution >= 4 is 0 Å². The van der Waals surface area contributed by atoms with E-state index < -0.39 is 0 Å². The first kappa shape index (κ1) is 12.7. The Morgan fingerprint density at radius 1 is 1.33 bits per heavy atom. The van der Waals surface area contributed by atoms with Crippen molar-refractivity contribution in [3.8, 4) is 5.69 Å². The highest BCUT2D eigenvalue weighted by Crippen LogP contribution is 2.04. The molecular weight excluding hydrogens is 228 g/mol. The molecule has 0 aliphatic heterocycles. The molecule has 0 spiro atoms. The van der Waals surface area contributed by atoms with Crippen LogP contribution in [0.4, 0.5) is 0 Å². The number of nitrogens with zero attached hydrogens (tertiary/aromatic N) is 3. The number of hydrogen-bond acceptors (Lipinski definition) is 4. The Labute approximate surface area is 107 Å². The second-order valence-electron chi connectivity index (χ2n) is 4.20. The predicted molar refractivity (Wildman–Crippen MR) is 69.5 cm³/mol. The van der Waals surface area contributed by atoms with E-state index >= 15 is 0 Å². The van der Waals surface area contributed by atoms with Crippen LogP contribution in [0.3, 0.4) is 0 Å². The fourth-order valence-electron chi connectivity index (χ4n) is 1.65. The number of ether oxygens (including phenoxy) is 1. The van der Waals surface area contributed by atoms with E-state index in [-0.39, 0.29) is 0 Å². The Morgan fingerprint density at radius 3 is 2.83 bits per heavy atom. The largest absolute Gasteiger partial charge is 0.383 e. The minimum atomic E-state index is 0.303. The summed E-state index contributed by atoms with van der Waals surface area (Å²) in [5.41, 5.74) is 1.88. The third kappa shape index (κ3) is 3.38. The number of methoxy groups -OCH3 is 1. The first-order chi connectivity index (χ1) is 8.79. The molecule has 0 saturated carbocycles. The summed E-state index contributed by atoms with van der Waals surface area (Å²) in [4.78, 5) is 1.64. The predicted octanol–water partition coefficient (Wildman–Crippen LogP) is 1.39. The van der Waals surface area contributed by atoms with Gasteiger partial charge in [0.15, 0.2) is 0 Å². The smallest absolute Gasteiger partial charge is 0.0969 e. The van der Waals surface area contributed by atoms with E-state index in [1.165, 1.54) is 0 Å². The molecule has 1 aromatic heterocycles. The molecular formula is C13H18N4O. The lowest BCUT2D eigenvalue weighted by molar-refractivity contribution is 0.171. The van der Waals surface area contributed by atoms with Gasteiger partial charge in [-0.3, -0.25) is 0 Å². The van der Waals surface area contributed by atoms with Crippen LogP contribution < -0.4 is 5.32 Å². The van der Waals surface area contributed by atoms with Crippen LogP contribution in [-0.2, 0) is 11.3 Å². The third-order valence-electron chi connectivity index (χ3n) is 2.57. The fourth-order valence-corrected chi connectivity index (χ4v) is 1.65. The van der Waals surface area contributed by atoms with Gasteiger partial charge in [0.25, 0.3) is 0 Å². The molecule has 0 radical (unpaired) electrons. The van der Waals surface area contributed by atoms with Crippen LogP contribution in [0.15, 0.2) is 36.5 Å². The van der Waals surface area contributed by atoms with Crippen molar-refractivity contribution in [1.82, 2.24) is 20.3 Å². The van der Waals surface area contributed by atoms with E-state index in [1.807, 2.05) is 30.3 Å². The van der Waals surface area contributed by atoms with Crippen molar-refractivity contribution in [3.05, 3.63) is 42.2 Å². The Kier molecular flexibility index (Phi) is 4.44. The summed E-state index contributed by atoms with van der Waals surface area (Å²) in [6, 6.07) is 10.2. The number of hydrogen-bond donors (Lipinski definition) is 1. The van der Waals surface area contributed by atoms with E-state index in [0.29, 0.717) is 19.2 Å². The van der Waals surface area contributed by atoms with E-state index in [4.69, 9.17) is 4.74 Å². The van der Waals surface area contributed by atoms with Crippen LogP contribution in [-0.4, -0.2) is 34.8 Å². The summed E-state index contributed by atoms with van der Waals surface area (Å²) in [7, 11) is 1.70. The molecule has 2 rings (SSSR count). The van der Waals surface area contributed by atoms with Crippen molar-refractivity contribution in [2.75, 3.05) is 13.7 Å². The number of benzene rings is 1. The summed E-state index contributed by atoms with van der Waals surface area (Å²) in [5.74, 6) is 0. The summed E-state index contributed by atoms with van der Waals surface area (Å²) >= 11 is 0. The third-order valence-corrected chi connectivity index (χ3v) is 2.57. The molecule has 0 fully saturated rings. The average molecular weight is 246 g/mol. The quantitative estimate of drug-likeness (QED) is 0.837. The highest BCUT2D eigenvalue weighted by Gasteiger charge is 2.04. The molecule has 0 aliphatic rings. The van der Waals surface area contributed by atoms with E-state index in [2.05, 4.69) is 22.4 Å². The molecule has 18 heavy (non-hydrogen) atoms. The van der Waals surface area contributed by atoms with Gasteiger partial charge in [0, 0.05) is 19.7 Å². The minimum Gasteiger partial charge on any atom is -0.383 e. The van der Waals surface area contributed by atoms with Crippen molar-refractivity contribution in [2.45, 2.75) is 19.5 Å². The Hall–Kier alpha value is -1.72. The van der Waals surface area contributed by atoms with Gasteiger partial charge in [-0.1, -0.05) is 18.2 Å². The molecule has 5 heteroatoms. The van der Waals surface area contributed by atoms with Gasteiger partial charge in [-0.15, -0.1) is 0 Å². The maximum absolute atomic E-state index is 5.06. The number of nitrogens with one attached hydrogen (secondary N) is 1. The number of aromatic nitrogens is 3. The SMILES string of the molecule is COCC(C)NCc1cnn(-c2ccccc2)n1. The van der Waals surface area contributed by atoms with Gasteiger partial charge in [0.1, 0.15) is 0 Å². The second-order valence-corrected chi connectivity index (χ2v) is 4.20. The molecule has 0 aliphatic carbocycles. The number of para-hydroxylation sites is 1. The zero-order chi connectivity index (χ0) is 12.8. The van der Waals surface area contributed by atoms with E-state index in [0.717, 1.165) is 11.4 Å². The van der Waals surface area contributed by atoms with E-state index in [1.54, 1.807) is 18.1 Å². The molecule has 0 bridgehead atoms. The summed E-state index contributed by atoms with van der Waals surface area (Å²) in [6.45, 7) is 3.45. The van der Waals surface area contributed by atoms with Gasteiger partial charge in [-0.2, -0.15) is 15.0 Å². The van der Waals surface area contributed by atoms with Gasteiger partial charge in [0.05, 0.1) is 24.2 Å². The minimum absolute atomic E-state index is 0.303. The molecule has 1 unspecified atom stereocenters. The molecule has 5 nitrogen and oxygen atoms in total. The van der Waals surface area contributed by atoms with Crippen LogP contribution in [0.25, 0.3) is 5.69 Å². The van der Waals surface area contributed by atoms with Crippen LogP contribution in [0, 0.1) is 0 Å². The first-order valence-electron chi connectivity index (χ1n) is 5.98. The van der Waals surface area contributed by atoms with Crippen LogP contribution in [0.5, 0.6) is 0 Å². The number of rotatable bonds is 6. The molecule has 96 valence electrons. The molecule has 1 N–H and O–H groups in total. The van der Waals surface area contributed by atoms with Gasteiger partial charge in [-0.05, 0) is 19.1 Å². The Morgan fingerprint density at radius 2 is 2.11 bits per heavy atom. The Bertz CT molecular complexity index is 469. The van der Waals surface area contributed by atoms with Crippen LogP contribution in [0.1, 0.15) is 12.6 Å². The van der Waals surface area contributed by atoms with Crippen LogP contribution in [0.2, 0.25) is 0 Å². The molecule has 0 saturated heterocycles. The van der Waals surface area contributed by atoms with Gasteiger partial charge in [0.2, 0.25) is 0 Å². The molecule has 2 aromatic rings.